The Hall–Kier alpha value is -3.64. The number of hydrogen-bond donors (Lipinski definition) is 2. The molecule has 38 heavy (non-hydrogen) atoms. The van der Waals surface area contributed by atoms with Crippen molar-refractivity contribution in [2.45, 2.75) is 43.8 Å². The molecule has 2 N–H and O–H groups in total. The van der Waals surface area contributed by atoms with Crippen molar-refractivity contribution in [1.82, 2.24) is 19.6 Å². The second-order valence-corrected chi connectivity index (χ2v) is 8.50. The number of alkyl halides is 6. The molecule has 1 aromatic heterocycles. The van der Waals surface area contributed by atoms with Gasteiger partial charge in [-0.05, 0) is 50.2 Å². The Balaban J connectivity index is 0.000000426. The van der Waals surface area contributed by atoms with E-state index < -0.39 is 24.3 Å². The number of benzene rings is 1. The number of aromatic nitrogens is 2. The van der Waals surface area contributed by atoms with Crippen LogP contribution in [0.15, 0.2) is 36.7 Å². The molecule has 1 saturated heterocycles. The van der Waals surface area contributed by atoms with Gasteiger partial charge in [-0.25, -0.2) is 9.59 Å². The highest BCUT2D eigenvalue weighted by Gasteiger charge is 2.39. The second-order valence-electron chi connectivity index (χ2n) is 8.50. The van der Waals surface area contributed by atoms with Crippen LogP contribution < -0.4 is 0 Å². The summed E-state index contributed by atoms with van der Waals surface area (Å²) in [6, 6.07) is 11.2. The molecule has 2 atom stereocenters. The largest absolute Gasteiger partial charge is 0.490 e. The predicted molar refractivity (Wildman–Crippen MR) is 122 cm³/mol. The molecule has 3 rings (SSSR count). The third-order valence-electron chi connectivity index (χ3n) is 5.42. The van der Waals surface area contributed by atoms with E-state index in [1.807, 2.05) is 36.1 Å². The molecule has 2 aromatic rings. The number of halogens is 6. The first-order valence-corrected chi connectivity index (χ1v) is 10.9. The van der Waals surface area contributed by atoms with Crippen LogP contribution in [0.25, 0.3) is 0 Å². The monoisotopic (exact) mass is 551 g/mol. The van der Waals surface area contributed by atoms with E-state index in [1.165, 1.54) is 17.5 Å². The summed E-state index contributed by atoms with van der Waals surface area (Å²) in [5.74, 6) is -5.51. The van der Waals surface area contributed by atoms with Gasteiger partial charge in [0, 0.05) is 38.4 Å². The molecular formula is C23H27F6N5O4. The highest BCUT2D eigenvalue weighted by Crippen LogP contribution is 2.26. The summed E-state index contributed by atoms with van der Waals surface area (Å²) in [5, 5.41) is 27.7. The van der Waals surface area contributed by atoms with Crippen LogP contribution in [0.1, 0.15) is 23.1 Å². The molecule has 9 nitrogen and oxygen atoms in total. The molecule has 15 heteroatoms. The number of likely N-dealkylation sites (N-methyl/N-ethyl adjacent to an activating group) is 1. The number of nitriles is 1. The first kappa shape index (κ1) is 32.4. The highest BCUT2D eigenvalue weighted by atomic mass is 19.4. The number of rotatable bonds is 5. The van der Waals surface area contributed by atoms with Gasteiger partial charge in [-0.3, -0.25) is 9.58 Å². The fourth-order valence-corrected chi connectivity index (χ4v) is 3.76. The molecule has 0 bridgehead atoms. The third-order valence-corrected chi connectivity index (χ3v) is 5.42. The van der Waals surface area contributed by atoms with Crippen molar-refractivity contribution >= 4 is 11.9 Å². The zero-order valence-corrected chi connectivity index (χ0v) is 20.7. The summed E-state index contributed by atoms with van der Waals surface area (Å²) in [7, 11) is 6.30. The molecule has 0 amide bonds. The number of carboxylic acids is 2. The van der Waals surface area contributed by atoms with E-state index in [2.05, 4.69) is 47.3 Å². The van der Waals surface area contributed by atoms with Gasteiger partial charge in [-0.2, -0.15) is 36.7 Å². The zero-order valence-electron chi connectivity index (χ0n) is 20.7. The van der Waals surface area contributed by atoms with Gasteiger partial charge in [0.25, 0.3) is 0 Å². The molecule has 0 spiro atoms. The summed E-state index contributed by atoms with van der Waals surface area (Å²) >= 11 is 0. The molecule has 210 valence electrons. The zero-order chi connectivity index (χ0) is 29.3. The Morgan fingerprint density at radius 2 is 1.66 bits per heavy atom. The number of aliphatic carboxylic acids is 2. The number of carboxylic acid groups (broad SMARTS) is 2. The maximum absolute atomic E-state index is 10.6. The van der Waals surface area contributed by atoms with E-state index in [-0.39, 0.29) is 0 Å². The van der Waals surface area contributed by atoms with E-state index in [0.29, 0.717) is 12.1 Å². The first-order valence-electron chi connectivity index (χ1n) is 10.9. The van der Waals surface area contributed by atoms with Crippen molar-refractivity contribution in [2.24, 2.45) is 7.05 Å². The molecule has 1 aliphatic heterocycles. The summed E-state index contributed by atoms with van der Waals surface area (Å²) in [5.41, 5.74) is 3.23. The van der Waals surface area contributed by atoms with E-state index in [4.69, 9.17) is 25.1 Å². The minimum absolute atomic E-state index is 0.468. The Bertz CT molecular complexity index is 1090. The van der Waals surface area contributed by atoms with Gasteiger partial charge in [0.2, 0.25) is 0 Å². The van der Waals surface area contributed by atoms with Crippen LogP contribution >= 0.6 is 0 Å². The lowest BCUT2D eigenvalue weighted by Gasteiger charge is -2.31. The van der Waals surface area contributed by atoms with Crippen molar-refractivity contribution in [1.29, 1.82) is 5.26 Å². The fourth-order valence-electron chi connectivity index (χ4n) is 3.76. The second kappa shape index (κ2) is 13.8. The lowest BCUT2D eigenvalue weighted by molar-refractivity contribution is -0.193. The fraction of sp³-hybridized carbons (Fsp3) is 0.478. The summed E-state index contributed by atoms with van der Waals surface area (Å²) in [6.45, 7) is 1.98. The topological polar surface area (TPSA) is 123 Å². The van der Waals surface area contributed by atoms with Crippen LogP contribution in [0.5, 0.6) is 0 Å². The quantitative estimate of drug-likeness (QED) is 0.543. The number of hydrogen-bond acceptors (Lipinski definition) is 6. The number of nitrogens with zero attached hydrogens (tertiary/aromatic N) is 5. The van der Waals surface area contributed by atoms with Gasteiger partial charge in [0.15, 0.2) is 0 Å². The van der Waals surface area contributed by atoms with Crippen molar-refractivity contribution in [3.8, 4) is 6.07 Å². The van der Waals surface area contributed by atoms with Crippen LogP contribution in [-0.4, -0.2) is 86.8 Å². The molecule has 1 aliphatic rings. The molecular weight excluding hydrogens is 524 g/mol. The summed E-state index contributed by atoms with van der Waals surface area (Å²) in [4.78, 5) is 22.7. The molecule has 1 aromatic carbocycles. The molecule has 0 saturated carbocycles. The van der Waals surface area contributed by atoms with Crippen LogP contribution in [-0.2, 0) is 29.6 Å². The van der Waals surface area contributed by atoms with Crippen molar-refractivity contribution in [3.05, 3.63) is 53.3 Å². The number of aryl methyl sites for hydroxylation is 1. The van der Waals surface area contributed by atoms with Crippen LogP contribution in [0.3, 0.4) is 0 Å². The summed E-state index contributed by atoms with van der Waals surface area (Å²) in [6.07, 6.45) is -3.90. The Labute approximate surface area is 214 Å². The van der Waals surface area contributed by atoms with Gasteiger partial charge >= 0.3 is 24.3 Å². The van der Waals surface area contributed by atoms with Crippen molar-refractivity contribution in [2.75, 3.05) is 20.6 Å². The van der Waals surface area contributed by atoms with Gasteiger partial charge in [-0.1, -0.05) is 12.1 Å². The normalized spacial score (nSPS) is 17.6. The molecule has 0 radical (unpaired) electrons. The maximum atomic E-state index is 10.6. The van der Waals surface area contributed by atoms with Gasteiger partial charge in [0.1, 0.15) is 0 Å². The Morgan fingerprint density at radius 3 is 2.08 bits per heavy atom. The number of carbonyl (C=O) groups is 2. The lowest BCUT2D eigenvalue weighted by Crippen LogP contribution is -2.43. The molecule has 1 fully saturated rings. The standard InChI is InChI=1S/C19H25N5.2C2HF3O2/c1-22(2)18-7-8-24(14-16-6-4-5-15(9-16)11-20)19(18)10-17-12-21-23(3)13-17;2*3-2(4,5)1(6)7/h4-6,9,12-13,18-19H,7-8,10,14H2,1-3H3;2*(H,6,7)/t18-,19+;;/m1../s1. The SMILES string of the molecule is CN(C)[C@@H]1CCN(Cc2cccc(C#N)c2)[C@H]1Cc1cnn(C)c1.O=C(O)C(F)(F)F.O=C(O)C(F)(F)F. The van der Waals surface area contributed by atoms with Gasteiger partial charge in [0.05, 0.1) is 17.8 Å². The maximum Gasteiger partial charge on any atom is 0.490 e. The van der Waals surface area contributed by atoms with E-state index in [9.17, 15) is 26.3 Å². The Kier molecular flexibility index (Phi) is 11.7. The van der Waals surface area contributed by atoms with E-state index in [0.717, 1.165) is 25.1 Å². The number of likely N-dealkylation sites (tertiary alicyclic amines) is 1. The Morgan fingerprint density at radius 1 is 1.11 bits per heavy atom. The smallest absolute Gasteiger partial charge is 0.475 e. The van der Waals surface area contributed by atoms with Crippen LogP contribution in [0.4, 0.5) is 26.3 Å². The third kappa shape index (κ3) is 10.8. The molecule has 0 unspecified atom stereocenters. The van der Waals surface area contributed by atoms with Gasteiger partial charge < -0.3 is 15.1 Å². The van der Waals surface area contributed by atoms with Crippen molar-refractivity contribution in [3.63, 3.8) is 0 Å². The lowest BCUT2D eigenvalue weighted by atomic mass is 10.0. The first-order chi connectivity index (χ1) is 17.4. The van der Waals surface area contributed by atoms with Crippen LogP contribution in [0.2, 0.25) is 0 Å². The van der Waals surface area contributed by atoms with E-state index >= 15 is 0 Å². The van der Waals surface area contributed by atoms with Crippen molar-refractivity contribution < 1.29 is 46.1 Å². The van der Waals surface area contributed by atoms with Crippen LogP contribution in [0, 0.1) is 11.3 Å². The minimum atomic E-state index is -5.08. The summed E-state index contributed by atoms with van der Waals surface area (Å²) < 4.78 is 65.3. The minimum Gasteiger partial charge on any atom is -0.475 e. The predicted octanol–water partition coefficient (Wildman–Crippen LogP) is 3.31. The van der Waals surface area contributed by atoms with Gasteiger partial charge in [-0.15, -0.1) is 0 Å². The average molecular weight is 551 g/mol. The average Bonchev–Trinajstić information content (AvgIpc) is 3.39. The molecule has 2 heterocycles. The molecule has 0 aliphatic carbocycles. The highest BCUT2D eigenvalue weighted by molar-refractivity contribution is 5.73. The van der Waals surface area contributed by atoms with E-state index in [1.54, 1.807) is 0 Å².